The Kier molecular flexibility index (Phi) is 3.69. The summed E-state index contributed by atoms with van der Waals surface area (Å²) in [5.74, 6) is 0. The summed E-state index contributed by atoms with van der Waals surface area (Å²) in [4.78, 5) is 0. The lowest BCUT2D eigenvalue weighted by Gasteiger charge is -2.29. The van der Waals surface area contributed by atoms with Gasteiger partial charge in [0.05, 0.1) is 8.07 Å². The first-order chi connectivity index (χ1) is 11.7. The van der Waals surface area contributed by atoms with Crippen LogP contribution in [0.1, 0.15) is 17.5 Å². The van der Waals surface area contributed by atoms with Gasteiger partial charge in [-0.1, -0.05) is 109 Å². The van der Waals surface area contributed by atoms with Crippen LogP contribution in [0.4, 0.5) is 0 Å². The van der Waals surface area contributed by atoms with Gasteiger partial charge in [0.25, 0.3) is 0 Å². The van der Waals surface area contributed by atoms with Crippen LogP contribution in [0.15, 0.2) is 91.0 Å². The summed E-state index contributed by atoms with van der Waals surface area (Å²) in [5, 5.41) is 1.57. The highest BCUT2D eigenvalue weighted by molar-refractivity contribution is 6.92. The Balaban J connectivity index is 1.81. The first-order valence-electron chi connectivity index (χ1n) is 8.82. The number of hydrogen-bond donors (Lipinski definition) is 0. The molecule has 1 saturated carbocycles. The van der Waals surface area contributed by atoms with Gasteiger partial charge < -0.3 is 0 Å². The molecule has 1 heteroatoms. The molecule has 24 heavy (non-hydrogen) atoms. The summed E-state index contributed by atoms with van der Waals surface area (Å²) in [6, 6.07) is 33.5. The zero-order valence-corrected chi connectivity index (χ0v) is 15.4. The average Bonchev–Trinajstić information content (AvgIpc) is 3.42. The van der Waals surface area contributed by atoms with Gasteiger partial charge in [0, 0.05) is 5.41 Å². The molecule has 0 spiro atoms. The molecule has 0 nitrogen and oxygen atoms in total. The lowest BCUT2D eigenvalue weighted by molar-refractivity contribution is 0.839. The Morgan fingerprint density at radius 2 is 1.08 bits per heavy atom. The molecule has 1 aliphatic rings. The van der Waals surface area contributed by atoms with Gasteiger partial charge in [-0.15, -0.1) is 0 Å². The molecule has 1 unspecified atom stereocenters. The van der Waals surface area contributed by atoms with Crippen LogP contribution >= 0.6 is 0 Å². The van der Waals surface area contributed by atoms with Crippen molar-refractivity contribution in [3.63, 3.8) is 0 Å². The molecule has 1 fully saturated rings. The summed E-state index contributed by atoms with van der Waals surface area (Å²) in [6.07, 6.45) is 1.27. The highest BCUT2D eigenvalue weighted by Gasteiger charge is 2.62. The summed E-state index contributed by atoms with van der Waals surface area (Å²) < 4.78 is 0. The molecular weight excluding hydrogens is 304 g/mol. The minimum atomic E-state index is -1.55. The lowest BCUT2D eigenvalue weighted by atomic mass is 9.88. The standard InChI is InChI=1S/C23H24Si/c1-24(2,21-16-10-5-11-17-21)22-18-23(22,19-12-6-3-7-13-19)20-14-8-4-9-15-20/h3-17,22H,18H2,1-2H3. The van der Waals surface area contributed by atoms with Crippen molar-refractivity contribution in [1.29, 1.82) is 0 Å². The first kappa shape index (κ1) is 15.4. The molecule has 0 saturated heterocycles. The fraction of sp³-hybridized carbons (Fsp3) is 0.217. The maximum atomic E-state index is 2.54. The minimum Gasteiger partial charge on any atom is -0.0652 e. The van der Waals surface area contributed by atoms with Crippen LogP contribution in [0.2, 0.25) is 18.6 Å². The second-order valence-electron chi connectivity index (χ2n) is 7.55. The lowest BCUT2D eigenvalue weighted by Crippen LogP contribution is -2.44. The van der Waals surface area contributed by atoms with Crippen LogP contribution in [0.3, 0.4) is 0 Å². The Hall–Kier alpha value is -2.12. The molecule has 0 radical (unpaired) electrons. The number of hydrogen-bond acceptors (Lipinski definition) is 0. The third-order valence-electron chi connectivity index (χ3n) is 5.93. The molecule has 0 bridgehead atoms. The second-order valence-corrected chi connectivity index (χ2v) is 12.3. The first-order valence-corrected chi connectivity index (χ1v) is 11.9. The molecule has 1 aliphatic carbocycles. The largest absolute Gasteiger partial charge is 0.0849 e. The zero-order valence-electron chi connectivity index (χ0n) is 14.4. The van der Waals surface area contributed by atoms with Gasteiger partial charge in [0.15, 0.2) is 0 Å². The van der Waals surface area contributed by atoms with Gasteiger partial charge in [0.2, 0.25) is 0 Å². The van der Waals surface area contributed by atoms with E-state index in [1.807, 2.05) is 0 Å². The monoisotopic (exact) mass is 328 g/mol. The van der Waals surface area contributed by atoms with E-state index in [-0.39, 0.29) is 5.41 Å². The van der Waals surface area contributed by atoms with Gasteiger partial charge in [-0.05, 0) is 23.1 Å². The SMILES string of the molecule is C[Si](C)(c1ccccc1)C1CC1(c1ccccc1)c1ccccc1. The van der Waals surface area contributed by atoms with Crippen molar-refractivity contribution in [3.8, 4) is 0 Å². The van der Waals surface area contributed by atoms with Crippen molar-refractivity contribution >= 4 is 13.3 Å². The third-order valence-corrected chi connectivity index (χ3v) is 10.2. The minimum absolute atomic E-state index is 0.202. The highest BCUT2D eigenvalue weighted by Crippen LogP contribution is 2.66. The van der Waals surface area contributed by atoms with E-state index in [1.165, 1.54) is 17.5 Å². The third kappa shape index (κ3) is 2.35. The van der Waals surface area contributed by atoms with E-state index in [1.54, 1.807) is 5.19 Å². The molecular formula is C23H24Si. The highest BCUT2D eigenvalue weighted by atomic mass is 28.3. The molecule has 3 aromatic carbocycles. The van der Waals surface area contributed by atoms with Crippen LogP contribution in [0.25, 0.3) is 0 Å². The predicted molar refractivity (Wildman–Crippen MR) is 106 cm³/mol. The Morgan fingerprint density at radius 1 is 0.667 bits per heavy atom. The maximum Gasteiger partial charge on any atom is 0.0849 e. The van der Waals surface area contributed by atoms with E-state index >= 15 is 0 Å². The Labute approximate surface area is 146 Å². The van der Waals surface area contributed by atoms with Gasteiger partial charge in [-0.3, -0.25) is 0 Å². The van der Waals surface area contributed by atoms with Gasteiger partial charge in [-0.2, -0.15) is 0 Å². The Bertz CT molecular complexity index is 767. The molecule has 0 N–H and O–H groups in total. The van der Waals surface area contributed by atoms with E-state index in [4.69, 9.17) is 0 Å². The summed E-state index contributed by atoms with van der Waals surface area (Å²) in [5.41, 5.74) is 3.92. The summed E-state index contributed by atoms with van der Waals surface area (Å²) in [6.45, 7) is 5.08. The van der Waals surface area contributed by atoms with Crippen molar-refractivity contribution in [3.05, 3.63) is 102 Å². The topological polar surface area (TPSA) is 0 Å². The van der Waals surface area contributed by atoms with Crippen LogP contribution in [-0.2, 0) is 5.41 Å². The second kappa shape index (κ2) is 5.75. The number of rotatable bonds is 4. The number of benzene rings is 3. The van der Waals surface area contributed by atoms with Crippen LogP contribution in [0.5, 0.6) is 0 Å². The van der Waals surface area contributed by atoms with E-state index in [9.17, 15) is 0 Å². The average molecular weight is 329 g/mol. The van der Waals surface area contributed by atoms with Crippen molar-refractivity contribution in [2.24, 2.45) is 0 Å². The van der Waals surface area contributed by atoms with Crippen LogP contribution in [0, 0.1) is 0 Å². The van der Waals surface area contributed by atoms with E-state index in [2.05, 4.69) is 104 Å². The van der Waals surface area contributed by atoms with Crippen LogP contribution < -0.4 is 5.19 Å². The molecule has 3 aromatic rings. The maximum absolute atomic E-state index is 2.54. The van der Waals surface area contributed by atoms with Crippen molar-refractivity contribution in [1.82, 2.24) is 0 Å². The molecule has 120 valence electrons. The quantitative estimate of drug-likeness (QED) is 0.565. The van der Waals surface area contributed by atoms with Crippen molar-refractivity contribution < 1.29 is 0 Å². The molecule has 1 atom stereocenters. The van der Waals surface area contributed by atoms with Gasteiger partial charge >= 0.3 is 0 Å². The Morgan fingerprint density at radius 3 is 1.54 bits per heavy atom. The van der Waals surface area contributed by atoms with Crippen LogP contribution in [-0.4, -0.2) is 8.07 Å². The fourth-order valence-electron chi connectivity index (χ4n) is 4.48. The van der Waals surface area contributed by atoms with Gasteiger partial charge in [0.1, 0.15) is 0 Å². The fourth-order valence-corrected chi connectivity index (χ4v) is 8.33. The van der Waals surface area contributed by atoms with E-state index in [0.717, 1.165) is 5.54 Å². The van der Waals surface area contributed by atoms with Gasteiger partial charge in [-0.25, -0.2) is 0 Å². The molecule has 0 heterocycles. The summed E-state index contributed by atoms with van der Waals surface area (Å²) >= 11 is 0. The zero-order chi connectivity index (χ0) is 16.6. The van der Waals surface area contributed by atoms with E-state index in [0.29, 0.717) is 0 Å². The molecule has 0 amide bonds. The molecule has 0 aliphatic heterocycles. The smallest absolute Gasteiger partial charge is 0.0652 e. The van der Waals surface area contributed by atoms with Crippen molar-refractivity contribution in [2.45, 2.75) is 30.5 Å². The molecule has 0 aromatic heterocycles. The normalized spacial score (nSPS) is 19.0. The summed E-state index contributed by atoms with van der Waals surface area (Å²) in [7, 11) is -1.55. The molecule has 4 rings (SSSR count). The van der Waals surface area contributed by atoms with E-state index < -0.39 is 8.07 Å². The van der Waals surface area contributed by atoms with Crippen molar-refractivity contribution in [2.75, 3.05) is 0 Å². The predicted octanol–water partition coefficient (Wildman–Crippen LogP) is 5.36.